The van der Waals surface area contributed by atoms with Crippen LogP contribution in [0.4, 0.5) is 5.69 Å². The van der Waals surface area contributed by atoms with Crippen molar-refractivity contribution in [3.63, 3.8) is 0 Å². The van der Waals surface area contributed by atoms with Crippen molar-refractivity contribution < 1.29 is 9.66 Å². The molecular weight excluding hydrogens is 248 g/mol. The van der Waals surface area contributed by atoms with E-state index in [0.717, 1.165) is 0 Å². The van der Waals surface area contributed by atoms with Crippen molar-refractivity contribution >= 4 is 5.69 Å². The molecule has 0 unspecified atom stereocenters. The Morgan fingerprint density at radius 2 is 2.32 bits per heavy atom. The van der Waals surface area contributed by atoms with Gasteiger partial charge in [0.2, 0.25) is 0 Å². The summed E-state index contributed by atoms with van der Waals surface area (Å²) in [6.45, 7) is 2.64. The SMILES string of the molecule is CCn1cc(Oc2ccc(C#N)c([N+](=O)[O-])c2)cn1. The van der Waals surface area contributed by atoms with Gasteiger partial charge in [-0.15, -0.1) is 0 Å². The second-order valence-corrected chi connectivity index (χ2v) is 3.68. The molecule has 0 fully saturated rings. The zero-order valence-corrected chi connectivity index (χ0v) is 10.1. The van der Waals surface area contributed by atoms with Crippen molar-refractivity contribution in [2.75, 3.05) is 0 Å². The van der Waals surface area contributed by atoms with Crippen molar-refractivity contribution in [3.05, 3.63) is 46.3 Å². The number of hydrogen-bond acceptors (Lipinski definition) is 5. The molecule has 7 nitrogen and oxygen atoms in total. The fourth-order valence-corrected chi connectivity index (χ4v) is 1.53. The quantitative estimate of drug-likeness (QED) is 0.620. The molecule has 1 aromatic heterocycles. The lowest BCUT2D eigenvalue weighted by molar-refractivity contribution is -0.385. The van der Waals surface area contributed by atoms with E-state index in [4.69, 9.17) is 10.00 Å². The summed E-state index contributed by atoms with van der Waals surface area (Å²) in [5, 5.41) is 23.6. The molecule has 0 radical (unpaired) electrons. The van der Waals surface area contributed by atoms with Gasteiger partial charge in [-0.25, -0.2) is 0 Å². The molecule has 0 saturated carbocycles. The summed E-state index contributed by atoms with van der Waals surface area (Å²) in [4.78, 5) is 10.2. The fraction of sp³-hybridized carbons (Fsp3) is 0.167. The van der Waals surface area contributed by atoms with E-state index >= 15 is 0 Å². The van der Waals surface area contributed by atoms with E-state index in [-0.39, 0.29) is 11.3 Å². The number of benzene rings is 1. The van der Waals surface area contributed by atoms with Crippen LogP contribution in [0.15, 0.2) is 30.6 Å². The molecule has 2 rings (SSSR count). The van der Waals surface area contributed by atoms with Crippen molar-refractivity contribution in [2.24, 2.45) is 0 Å². The Labute approximate surface area is 108 Å². The maximum absolute atomic E-state index is 10.8. The standard InChI is InChI=1S/C12H10N4O3/c1-2-15-8-11(7-14-15)19-10-4-3-9(6-13)12(5-10)16(17)18/h3-5,7-8H,2H2,1H3. The highest BCUT2D eigenvalue weighted by molar-refractivity contribution is 5.52. The van der Waals surface area contributed by atoms with Gasteiger partial charge in [0.25, 0.3) is 5.69 Å². The summed E-state index contributed by atoms with van der Waals surface area (Å²) < 4.78 is 7.13. The average molecular weight is 258 g/mol. The molecule has 2 aromatic rings. The lowest BCUT2D eigenvalue weighted by Crippen LogP contribution is -1.93. The van der Waals surface area contributed by atoms with E-state index in [9.17, 15) is 10.1 Å². The first-order chi connectivity index (χ1) is 9.13. The zero-order valence-electron chi connectivity index (χ0n) is 10.1. The summed E-state index contributed by atoms with van der Waals surface area (Å²) >= 11 is 0. The number of nitrogens with zero attached hydrogens (tertiary/aromatic N) is 4. The summed E-state index contributed by atoms with van der Waals surface area (Å²) in [6.07, 6.45) is 3.21. The topological polar surface area (TPSA) is 94.0 Å². The molecule has 0 aliphatic heterocycles. The molecule has 96 valence electrons. The molecule has 0 aliphatic rings. The highest BCUT2D eigenvalue weighted by Crippen LogP contribution is 2.27. The van der Waals surface area contributed by atoms with Gasteiger partial charge in [0.1, 0.15) is 17.4 Å². The molecule has 19 heavy (non-hydrogen) atoms. The number of nitro benzene ring substituents is 1. The molecular formula is C12H10N4O3. The third kappa shape index (κ3) is 2.69. The first kappa shape index (κ1) is 12.6. The highest BCUT2D eigenvalue weighted by Gasteiger charge is 2.15. The summed E-state index contributed by atoms with van der Waals surface area (Å²) in [5.74, 6) is 0.780. The highest BCUT2D eigenvalue weighted by atomic mass is 16.6. The van der Waals surface area contributed by atoms with E-state index in [0.29, 0.717) is 18.0 Å². The van der Waals surface area contributed by atoms with Crippen LogP contribution in [0.25, 0.3) is 0 Å². The molecule has 0 spiro atoms. The molecule has 0 amide bonds. The number of nitriles is 1. The molecule has 0 bridgehead atoms. The summed E-state index contributed by atoms with van der Waals surface area (Å²) in [5.41, 5.74) is -0.274. The average Bonchev–Trinajstić information content (AvgIpc) is 2.86. The van der Waals surface area contributed by atoms with Crippen molar-refractivity contribution in [1.82, 2.24) is 9.78 Å². The van der Waals surface area contributed by atoms with Crippen LogP contribution < -0.4 is 4.74 Å². The Bertz CT molecular complexity index is 657. The predicted octanol–water partition coefficient (Wildman–Crippen LogP) is 2.48. The number of hydrogen-bond donors (Lipinski definition) is 0. The minimum Gasteiger partial charge on any atom is -0.454 e. The van der Waals surface area contributed by atoms with Gasteiger partial charge in [-0.3, -0.25) is 14.8 Å². The van der Waals surface area contributed by atoms with Gasteiger partial charge in [0.15, 0.2) is 5.75 Å². The van der Waals surface area contributed by atoms with Crippen molar-refractivity contribution in [3.8, 4) is 17.6 Å². The van der Waals surface area contributed by atoms with Crippen molar-refractivity contribution in [2.45, 2.75) is 13.5 Å². The van der Waals surface area contributed by atoms with Gasteiger partial charge in [-0.1, -0.05) is 0 Å². The Morgan fingerprint density at radius 1 is 1.53 bits per heavy atom. The summed E-state index contributed by atoms with van der Waals surface area (Å²) in [6, 6.07) is 5.86. The summed E-state index contributed by atoms with van der Waals surface area (Å²) in [7, 11) is 0. The maximum atomic E-state index is 10.8. The first-order valence-electron chi connectivity index (χ1n) is 5.53. The zero-order chi connectivity index (χ0) is 13.8. The Balaban J connectivity index is 2.28. The molecule has 0 saturated heterocycles. The van der Waals surface area contributed by atoms with E-state index in [1.54, 1.807) is 16.9 Å². The second kappa shape index (κ2) is 5.18. The monoisotopic (exact) mass is 258 g/mol. The number of aryl methyl sites for hydroxylation is 1. The molecule has 7 heteroatoms. The smallest absolute Gasteiger partial charge is 0.290 e. The van der Waals surface area contributed by atoms with Gasteiger partial charge in [0, 0.05) is 6.54 Å². The Kier molecular flexibility index (Phi) is 3.43. The number of rotatable bonds is 4. The number of nitro groups is 1. The van der Waals surface area contributed by atoms with Gasteiger partial charge < -0.3 is 4.74 Å². The van der Waals surface area contributed by atoms with E-state index in [1.807, 2.05) is 6.92 Å². The van der Waals surface area contributed by atoms with Gasteiger partial charge in [0.05, 0.1) is 23.4 Å². The predicted molar refractivity (Wildman–Crippen MR) is 65.8 cm³/mol. The molecule has 0 aliphatic carbocycles. The lowest BCUT2D eigenvalue weighted by Gasteiger charge is -2.03. The van der Waals surface area contributed by atoms with Crippen LogP contribution in [0.2, 0.25) is 0 Å². The minimum absolute atomic E-state index is 0.00148. The van der Waals surface area contributed by atoms with Gasteiger partial charge >= 0.3 is 0 Å². The van der Waals surface area contributed by atoms with Gasteiger partial charge in [-0.05, 0) is 19.1 Å². The second-order valence-electron chi connectivity index (χ2n) is 3.68. The largest absolute Gasteiger partial charge is 0.454 e. The van der Waals surface area contributed by atoms with E-state index in [2.05, 4.69) is 5.10 Å². The normalized spacial score (nSPS) is 9.89. The maximum Gasteiger partial charge on any atom is 0.290 e. The van der Waals surface area contributed by atoms with Crippen LogP contribution >= 0.6 is 0 Å². The number of ether oxygens (including phenoxy) is 1. The van der Waals surface area contributed by atoms with Crippen LogP contribution in [-0.2, 0) is 6.54 Å². The third-order valence-corrected chi connectivity index (χ3v) is 2.46. The third-order valence-electron chi connectivity index (χ3n) is 2.46. The first-order valence-corrected chi connectivity index (χ1v) is 5.53. The van der Waals surface area contributed by atoms with E-state index in [1.165, 1.54) is 24.4 Å². The number of aromatic nitrogens is 2. The molecule has 0 atom stereocenters. The van der Waals surface area contributed by atoms with E-state index < -0.39 is 4.92 Å². The van der Waals surface area contributed by atoms with Crippen LogP contribution in [-0.4, -0.2) is 14.7 Å². The van der Waals surface area contributed by atoms with Crippen molar-refractivity contribution in [1.29, 1.82) is 5.26 Å². The fourth-order valence-electron chi connectivity index (χ4n) is 1.53. The molecule has 0 N–H and O–H groups in total. The minimum atomic E-state index is -0.610. The Morgan fingerprint density at radius 3 is 2.89 bits per heavy atom. The Hall–Kier alpha value is -2.88. The molecule has 1 heterocycles. The van der Waals surface area contributed by atoms with Gasteiger partial charge in [-0.2, -0.15) is 10.4 Å². The van der Waals surface area contributed by atoms with Crippen LogP contribution in [0.5, 0.6) is 11.5 Å². The van der Waals surface area contributed by atoms with Crippen LogP contribution in [0.3, 0.4) is 0 Å². The van der Waals surface area contributed by atoms with Crippen LogP contribution in [0.1, 0.15) is 12.5 Å². The van der Waals surface area contributed by atoms with Crippen LogP contribution in [0, 0.1) is 21.4 Å². The molecule has 1 aromatic carbocycles. The lowest BCUT2D eigenvalue weighted by atomic mass is 10.2.